The van der Waals surface area contributed by atoms with Crippen molar-refractivity contribution in [2.24, 2.45) is 0 Å². The van der Waals surface area contributed by atoms with E-state index in [9.17, 15) is 9.18 Å². The van der Waals surface area contributed by atoms with E-state index in [-0.39, 0.29) is 11.7 Å². The van der Waals surface area contributed by atoms with Crippen LogP contribution in [0.5, 0.6) is 0 Å². The van der Waals surface area contributed by atoms with E-state index in [0.29, 0.717) is 18.5 Å². The van der Waals surface area contributed by atoms with Gasteiger partial charge in [-0.2, -0.15) is 0 Å². The molecule has 0 aliphatic rings. The highest BCUT2D eigenvalue weighted by Gasteiger charge is 2.07. The van der Waals surface area contributed by atoms with Crippen molar-refractivity contribution in [1.29, 1.82) is 0 Å². The third-order valence-corrected chi connectivity index (χ3v) is 3.76. The minimum atomic E-state index is -0.276. The van der Waals surface area contributed by atoms with E-state index in [1.165, 1.54) is 12.1 Å². The van der Waals surface area contributed by atoms with Crippen LogP contribution in [-0.2, 0) is 11.3 Å². The van der Waals surface area contributed by atoms with Crippen molar-refractivity contribution in [1.82, 2.24) is 5.32 Å². The summed E-state index contributed by atoms with van der Waals surface area (Å²) < 4.78 is 12.8. The minimum Gasteiger partial charge on any atom is -0.347 e. The molecule has 20 heavy (non-hydrogen) atoms. The van der Waals surface area contributed by atoms with Gasteiger partial charge in [0, 0.05) is 10.5 Å². The maximum Gasteiger partial charge on any atom is 0.247 e. The summed E-state index contributed by atoms with van der Waals surface area (Å²) in [6, 6.07) is 10.1. The molecule has 0 atom stereocenters. The van der Waals surface area contributed by atoms with Crippen LogP contribution >= 0.6 is 11.3 Å². The van der Waals surface area contributed by atoms with Crippen LogP contribution in [0.15, 0.2) is 47.4 Å². The normalized spacial score (nSPS) is 11.4. The van der Waals surface area contributed by atoms with Crippen molar-refractivity contribution in [2.75, 3.05) is 0 Å². The van der Waals surface area contributed by atoms with Crippen molar-refractivity contribution in [3.05, 3.63) is 63.6 Å². The number of rotatable bonds is 5. The lowest BCUT2D eigenvalue weighted by Gasteiger charge is -2.06. The van der Waals surface area contributed by atoms with Crippen LogP contribution in [0.1, 0.15) is 23.8 Å². The van der Waals surface area contributed by atoms with Crippen molar-refractivity contribution in [3.63, 3.8) is 0 Å². The number of hydrogen-bond donors (Lipinski definition) is 1. The molecule has 0 bridgehead atoms. The van der Waals surface area contributed by atoms with E-state index in [1.54, 1.807) is 29.5 Å². The van der Waals surface area contributed by atoms with Gasteiger partial charge in [0.15, 0.2) is 0 Å². The van der Waals surface area contributed by atoms with E-state index in [2.05, 4.69) is 5.32 Å². The Hall–Kier alpha value is -1.94. The number of benzene rings is 1. The third kappa shape index (κ3) is 4.03. The summed E-state index contributed by atoms with van der Waals surface area (Å²) in [4.78, 5) is 13.2. The van der Waals surface area contributed by atoms with Gasteiger partial charge in [-0.25, -0.2) is 4.39 Å². The summed E-state index contributed by atoms with van der Waals surface area (Å²) in [5, 5.41) is 4.88. The maximum absolute atomic E-state index is 12.8. The molecule has 0 aliphatic heterocycles. The molecule has 2 rings (SSSR count). The summed E-state index contributed by atoms with van der Waals surface area (Å²) in [5.74, 6) is -0.354. The largest absolute Gasteiger partial charge is 0.347 e. The molecule has 1 N–H and O–H groups in total. The fourth-order valence-electron chi connectivity index (χ4n) is 1.78. The summed E-state index contributed by atoms with van der Waals surface area (Å²) in [6.07, 6.45) is 2.43. The van der Waals surface area contributed by atoms with Crippen molar-refractivity contribution >= 4 is 23.3 Å². The van der Waals surface area contributed by atoms with Gasteiger partial charge in [-0.05, 0) is 41.6 Å². The Balaban J connectivity index is 2.03. The number of thiophene rings is 1. The third-order valence-electron chi connectivity index (χ3n) is 2.89. The standard InChI is InChI=1S/C16H16FNOS/c1-2-13(10-12-5-7-14(17)8-6-12)16(19)18-11-15-4-3-9-20-15/h3-10H,2,11H2,1H3,(H,18,19). The Morgan fingerprint density at radius 3 is 2.65 bits per heavy atom. The Kier molecular flexibility index (Phi) is 5.07. The molecule has 2 aromatic rings. The van der Waals surface area contributed by atoms with Crippen LogP contribution in [0, 0.1) is 5.82 Å². The van der Waals surface area contributed by atoms with Crippen molar-refractivity contribution in [2.45, 2.75) is 19.9 Å². The first-order valence-corrected chi connectivity index (χ1v) is 7.33. The topological polar surface area (TPSA) is 29.1 Å². The molecule has 0 radical (unpaired) electrons. The molecule has 1 amide bonds. The molecule has 2 nitrogen and oxygen atoms in total. The number of hydrogen-bond acceptors (Lipinski definition) is 2. The molecule has 1 heterocycles. The van der Waals surface area contributed by atoms with Crippen LogP contribution in [0.4, 0.5) is 4.39 Å². The van der Waals surface area contributed by atoms with Gasteiger partial charge >= 0.3 is 0 Å². The molecule has 104 valence electrons. The second-order valence-corrected chi connectivity index (χ2v) is 5.37. The van der Waals surface area contributed by atoms with Gasteiger partial charge in [-0.1, -0.05) is 25.1 Å². The molecule has 0 aliphatic carbocycles. The first-order chi connectivity index (χ1) is 9.69. The quantitative estimate of drug-likeness (QED) is 0.828. The fraction of sp³-hybridized carbons (Fsp3) is 0.188. The zero-order chi connectivity index (χ0) is 14.4. The molecule has 0 saturated heterocycles. The highest BCUT2D eigenvalue weighted by Crippen LogP contribution is 2.12. The van der Waals surface area contributed by atoms with Gasteiger partial charge in [0.2, 0.25) is 5.91 Å². The lowest BCUT2D eigenvalue weighted by molar-refractivity contribution is -0.117. The molecule has 1 aromatic carbocycles. The SMILES string of the molecule is CCC(=Cc1ccc(F)cc1)C(=O)NCc1cccs1. The van der Waals surface area contributed by atoms with Crippen molar-refractivity contribution < 1.29 is 9.18 Å². The van der Waals surface area contributed by atoms with Gasteiger partial charge < -0.3 is 5.32 Å². The van der Waals surface area contributed by atoms with E-state index in [4.69, 9.17) is 0 Å². The Morgan fingerprint density at radius 1 is 1.30 bits per heavy atom. The second-order valence-electron chi connectivity index (χ2n) is 4.34. The zero-order valence-corrected chi connectivity index (χ0v) is 12.0. The smallest absolute Gasteiger partial charge is 0.247 e. The molecule has 1 aromatic heterocycles. The average Bonchev–Trinajstić information content (AvgIpc) is 2.97. The molecular formula is C16H16FNOS. The number of amides is 1. The van der Waals surface area contributed by atoms with Gasteiger partial charge in [0.05, 0.1) is 6.54 Å². The highest BCUT2D eigenvalue weighted by molar-refractivity contribution is 7.09. The number of halogens is 1. The predicted octanol–water partition coefficient (Wildman–Crippen LogP) is 4.00. The van der Waals surface area contributed by atoms with Gasteiger partial charge in [-0.3, -0.25) is 4.79 Å². The summed E-state index contributed by atoms with van der Waals surface area (Å²) >= 11 is 1.61. The van der Waals surface area contributed by atoms with Crippen LogP contribution < -0.4 is 5.32 Å². The van der Waals surface area contributed by atoms with Crippen LogP contribution in [0.3, 0.4) is 0 Å². The lowest BCUT2D eigenvalue weighted by Crippen LogP contribution is -2.23. The van der Waals surface area contributed by atoms with Crippen molar-refractivity contribution in [3.8, 4) is 0 Å². The second kappa shape index (κ2) is 7.01. The molecule has 0 saturated carbocycles. The molecule has 4 heteroatoms. The molecule has 0 fully saturated rings. The summed E-state index contributed by atoms with van der Waals surface area (Å²) in [5.41, 5.74) is 1.52. The van der Waals surface area contributed by atoms with Crippen LogP contribution in [0.2, 0.25) is 0 Å². The van der Waals surface area contributed by atoms with Crippen LogP contribution in [0.25, 0.3) is 6.08 Å². The highest BCUT2D eigenvalue weighted by atomic mass is 32.1. The van der Waals surface area contributed by atoms with Gasteiger partial charge in [0.1, 0.15) is 5.82 Å². The average molecular weight is 289 g/mol. The molecular weight excluding hydrogens is 273 g/mol. The first kappa shape index (κ1) is 14.5. The number of carbonyl (C=O) groups excluding carboxylic acids is 1. The maximum atomic E-state index is 12.8. The van der Waals surface area contributed by atoms with Gasteiger partial charge in [-0.15, -0.1) is 11.3 Å². The Bertz CT molecular complexity index is 587. The Labute approximate surface area is 122 Å². The van der Waals surface area contributed by atoms with E-state index < -0.39 is 0 Å². The van der Waals surface area contributed by atoms with Crippen LogP contribution in [-0.4, -0.2) is 5.91 Å². The fourth-order valence-corrected chi connectivity index (χ4v) is 2.43. The number of carbonyl (C=O) groups is 1. The van der Waals surface area contributed by atoms with E-state index in [1.807, 2.05) is 24.4 Å². The monoisotopic (exact) mass is 289 g/mol. The number of nitrogens with one attached hydrogen (secondary N) is 1. The first-order valence-electron chi connectivity index (χ1n) is 6.45. The van der Waals surface area contributed by atoms with Gasteiger partial charge in [0.25, 0.3) is 0 Å². The minimum absolute atomic E-state index is 0.0785. The van der Waals surface area contributed by atoms with E-state index >= 15 is 0 Å². The zero-order valence-electron chi connectivity index (χ0n) is 11.2. The summed E-state index contributed by atoms with van der Waals surface area (Å²) in [6.45, 7) is 2.47. The summed E-state index contributed by atoms with van der Waals surface area (Å²) in [7, 11) is 0. The molecule has 0 spiro atoms. The van der Waals surface area contributed by atoms with E-state index in [0.717, 1.165) is 10.4 Å². The Morgan fingerprint density at radius 2 is 2.05 bits per heavy atom. The predicted molar refractivity (Wildman–Crippen MR) is 80.8 cm³/mol. The lowest BCUT2D eigenvalue weighted by atomic mass is 10.1. The molecule has 0 unspecified atom stereocenters.